The maximum atomic E-state index is 13.0. The van der Waals surface area contributed by atoms with Gasteiger partial charge in [-0.05, 0) is 31.7 Å². The molecule has 19 N–H and O–H groups in total. The number of hydrogen-bond donors (Lipinski definition) is 15. The second-order valence-electron chi connectivity index (χ2n) is 13.4. The molecule has 0 heterocycles. The summed E-state index contributed by atoms with van der Waals surface area (Å²) in [7, 11) is 0. The third-order valence-electron chi connectivity index (χ3n) is 8.57. The molecule has 0 aromatic heterocycles. The van der Waals surface area contributed by atoms with Gasteiger partial charge in [0.1, 0.15) is 36.3 Å². The van der Waals surface area contributed by atoms with Crippen molar-refractivity contribution in [3.05, 3.63) is 35.9 Å². The van der Waals surface area contributed by atoms with Crippen LogP contribution in [0.15, 0.2) is 30.3 Å². The Hall–Kier alpha value is -5.30. The molecule has 0 saturated carbocycles. The molecule has 6 unspecified atom stereocenters. The van der Waals surface area contributed by atoms with Gasteiger partial charge in [-0.25, -0.2) is 0 Å². The molecule has 8 atom stereocenters. The van der Waals surface area contributed by atoms with E-state index in [0.717, 1.165) is 5.56 Å². The molecule has 8 amide bonds. The van der Waals surface area contributed by atoms with Crippen LogP contribution in [0.3, 0.4) is 0 Å². The van der Waals surface area contributed by atoms with Crippen LogP contribution < -0.4 is 60.2 Å². The summed E-state index contributed by atoms with van der Waals surface area (Å²) in [5, 5.41) is 56.4. The lowest BCUT2D eigenvalue weighted by Crippen LogP contribution is -2.60. The highest BCUT2D eigenvalue weighted by molar-refractivity contribution is 5.93. The Morgan fingerprint density at radius 2 is 1.26 bits per heavy atom. The second-order valence-corrected chi connectivity index (χ2v) is 13.4. The monoisotopic (exact) mass is 825 g/mol. The molecular formula is C35H59N11O12. The number of carbonyl (C=O) groups is 8. The molecule has 326 valence electrons. The first kappa shape index (κ1) is 50.7. The highest BCUT2D eigenvalue weighted by atomic mass is 16.3. The molecule has 23 heteroatoms. The van der Waals surface area contributed by atoms with Crippen LogP contribution in [0.25, 0.3) is 0 Å². The third kappa shape index (κ3) is 19.7. The predicted octanol–water partition coefficient (Wildman–Crippen LogP) is -7.71. The lowest BCUT2D eigenvalue weighted by atomic mass is 10.0. The van der Waals surface area contributed by atoms with Crippen LogP contribution in [0.4, 0.5) is 0 Å². The fourth-order valence-corrected chi connectivity index (χ4v) is 5.30. The Kier molecular flexibility index (Phi) is 23.9. The van der Waals surface area contributed by atoms with Gasteiger partial charge in [0.05, 0.1) is 25.9 Å². The molecule has 0 bridgehead atoms. The SMILES string of the molecule is CC(O)C(NCC(CC(N)=O)N[C@@H](CO)C(N)=O)C(=O)N[C@@H](CO)C(=O)NC(CCC(=O)NCCCCNC(=O)C(Cc1ccccc1)NC(=O)C(N)CO)C(N)=O. The van der Waals surface area contributed by atoms with Crippen molar-refractivity contribution >= 4 is 47.3 Å². The summed E-state index contributed by atoms with van der Waals surface area (Å²) < 4.78 is 0. The summed E-state index contributed by atoms with van der Waals surface area (Å²) in [4.78, 5) is 98.8. The minimum atomic E-state index is -1.64. The zero-order valence-corrected chi connectivity index (χ0v) is 32.4. The van der Waals surface area contributed by atoms with Crippen LogP contribution in [0, 0.1) is 0 Å². The van der Waals surface area contributed by atoms with E-state index in [1.165, 1.54) is 6.92 Å². The van der Waals surface area contributed by atoms with Gasteiger partial charge in [-0.1, -0.05) is 30.3 Å². The summed E-state index contributed by atoms with van der Waals surface area (Å²) in [6, 6.07) is 0.181. The molecule has 0 aliphatic rings. The van der Waals surface area contributed by atoms with E-state index in [2.05, 4.69) is 37.2 Å². The summed E-state index contributed by atoms with van der Waals surface area (Å²) in [5.74, 6) is -6.38. The number of benzene rings is 1. The Labute approximate surface area is 335 Å². The largest absolute Gasteiger partial charge is 0.394 e. The zero-order chi connectivity index (χ0) is 43.8. The molecule has 1 aromatic rings. The Bertz CT molecular complexity index is 1500. The van der Waals surface area contributed by atoms with E-state index in [1.807, 2.05) is 6.07 Å². The lowest BCUT2D eigenvalue weighted by molar-refractivity contribution is -0.134. The van der Waals surface area contributed by atoms with E-state index in [0.29, 0.717) is 12.8 Å². The van der Waals surface area contributed by atoms with Crippen molar-refractivity contribution in [1.82, 2.24) is 37.2 Å². The molecule has 0 fully saturated rings. The van der Waals surface area contributed by atoms with Crippen LogP contribution in [0.5, 0.6) is 0 Å². The van der Waals surface area contributed by atoms with E-state index < -0.39 is 115 Å². The summed E-state index contributed by atoms with van der Waals surface area (Å²) in [6.45, 7) is -0.857. The van der Waals surface area contributed by atoms with Gasteiger partial charge in [-0.15, -0.1) is 0 Å². The Morgan fingerprint density at radius 1 is 0.690 bits per heavy atom. The van der Waals surface area contributed by atoms with Crippen LogP contribution in [0.1, 0.15) is 44.6 Å². The molecule has 58 heavy (non-hydrogen) atoms. The van der Waals surface area contributed by atoms with Crippen molar-refractivity contribution in [3.63, 3.8) is 0 Å². The van der Waals surface area contributed by atoms with Crippen LogP contribution in [-0.2, 0) is 44.8 Å². The first-order valence-corrected chi connectivity index (χ1v) is 18.6. The number of carbonyl (C=O) groups excluding carboxylic acids is 8. The van der Waals surface area contributed by atoms with Gasteiger partial charge in [0.2, 0.25) is 47.3 Å². The molecule has 23 nitrogen and oxygen atoms in total. The zero-order valence-electron chi connectivity index (χ0n) is 32.4. The summed E-state index contributed by atoms with van der Waals surface area (Å²) in [5.41, 5.74) is 22.2. The van der Waals surface area contributed by atoms with Crippen molar-refractivity contribution in [3.8, 4) is 0 Å². The molecule has 0 aliphatic heterocycles. The number of aliphatic hydroxyl groups is 4. The number of aliphatic hydroxyl groups excluding tert-OH is 4. The van der Waals surface area contributed by atoms with Crippen molar-refractivity contribution < 1.29 is 58.8 Å². The first-order valence-electron chi connectivity index (χ1n) is 18.6. The number of hydrogen-bond acceptors (Lipinski definition) is 15. The number of amides is 8. The molecule has 1 rings (SSSR count). The molecule has 0 spiro atoms. The van der Waals surface area contributed by atoms with Gasteiger partial charge in [0, 0.05) is 44.9 Å². The van der Waals surface area contributed by atoms with Gasteiger partial charge in [0.15, 0.2) is 0 Å². The highest BCUT2D eigenvalue weighted by Crippen LogP contribution is 2.05. The molecule has 0 radical (unpaired) electrons. The lowest BCUT2D eigenvalue weighted by Gasteiger charge is -2.28. The maximum absolute atomic E-state index is 13.0. The van der Waals surface area contributed by atoms with Gasteiger partial charge in [-0.3, -0.25) is 43.7 Å². The van der Waals surface area contributed by atoms with Crippen molar-refractivity contribution in [1.29, 1.82) is 0 Å². The number of primary amides is 3. The number of rotatable bonds is 30. The summed E-state index contributed by atoms with van der Waals surface area (Å²) in [6.07, 6.45) is -1.18. The molecular weight excluding hydrogens is 766 g/mol. The minimum Gasteiger partial charge on any atom is -0.394 e. The number of unbranched alkanes of at least 4 members (excludes halogenated alkanes) is 1. The topological polar surface area (TPSA) is 406 Å². The molecule has 0 aliphatic carbocycles. The number of nitrogens with two attached hydrogens (primary N) is 4. The molecule has 0 saturated heterocycles. The molecule has 1 aromatic carbocycles. The Balaban J connectivity index is 2.64. The van der Waals surface area contributed by atoms with Crippen molar-refractivity contribution in [2.24, 2.45) is 22.9 Å². The first-order chi connectivity index (χ1) is 27.4. The van der Waals surface area contributed by atoms with Crippen molar-refractivity contribution in [2.75, 3.05) is 39.5 Å². The smallest absolute Gasteiger partial charge is 0.245 e. The third-order valence-corrected chi connectivity index (χ3v) is 8.57. The van der Waals surface area contributed by atoms with Gasteiger partial charge in [-0.2, -0.15) is 0 Å². The van der Waals surface area contributed by atoms with E-state index in [4.69, 9.17) is 22.9 Å². The van der Waals surface area contributed by atoms with Gasteiger partial charge < -0.3 is 75.3 Å². The van der Waals surface area contributed by atoms with Crippen LogP contribution >= 0.6 is 0 Å². The summed E-state index contributed by atoms with van der Waals surface area (Å²) >= 11 is 0. The normalized spacial score (nSPS) is 15.2. The minimum absolute atomic E-state index is 0.185. The van der Waals surface area contributed by atoms with E-state index in [9.17, 15) is 58.8 Å². The maximum Gasteiger partial charge on any atom is 0.245 e. The number of nitrogens with one attached hydrogen (secondary N) is 7. The fourth-order valence-electron chi connectivity index (χ4n) is 5.30. The second kappa shape index (κ2) is 27.4. The van der Waals surface area contributed by atoms with Crippen LogP contribution in [-0.4, -0.2) is 156 Å². The van der Waals surface area contributed by atoms with E-state index in [-0.39, 0.29) is 45.3 Å². The van der Waals surface area contributed by atoms with Gasteiger partial charge in [0.25, 0.3) is 0 Å². The average molecular weight is 826 g/mol. The van der Waals surface area contributed by atoms with Crippen molar-refractivity contribution in [2.45, 2.75) is 93.8 Å². The van der Waals surface area contributed by atoms with Crippen LogP contribution in [0.2, 0.25) is 0 Å². The van der Waals surface area contributed by atoms with E-state index in [1.54, 1.807) is 24.3 Å². The quantitative estimate of drug-likeness (QED) is 0.0320. The van der Waals surface area contributed by atoms with E-state index >= 15 is 0 Å². The fraction of sp³-hybridized carbons (Fsp3) is 0.600. The predicted molar refractivity (Wildman–Crippen MR) is 206 cm³/mol. The Morgan fingerprint density at radius 3 is 1.79 bits per heavy atom. The van der Waals surface area contributed by atoms with Gasteiger partial charge >= 0.3 is 0 Å². The standard InChI is InChI=1S/C35H59N11O12/c1-19(50)29(42-15-21(14-27(37)51)43-25(17-48)31(39)54)35(58)46-26(18-49)34(57)44-23(30(38)53)9-10-28(52)40-11-5-6-12-41-33(56)24(45-32(55)22(36)16-47)13-20-7-3-2-4-8-20/h2-4,7-8,19,21-26,29,42-43,47-50H,5-6,9-18,36H2,1H3,(H2,37,51)(H2,38,53)(H2,39,54)(H,40,52)(H,41,56)(H,44,57)(H,45,55)(H,46,58)/t19?,21?,22?,23?,24?,25-,26-,29?/m0/s1. The average Bonchev–Trinajstić information content (AvgIpc) is 3.17. The highest BCUT2D eigenvalue weighted by Gasteiger charge is 2.31.